The van der Waals surface area contributed by atoms with Crippen molar-refractivity contribution >= 4 is 15.9 Å². The fraction of sp³-hybridized carbons (Fsp3) is 0.500. The number of rotatable bonds is 5. The molecule has 0 saturated carbocycles. The van der Waals surface area contributed by atoms with E-state index in [1.807, 2.05) is 0 Å². The van der Waals surface area contributed by atoms with E-state index in [-0.39, 0.29) is 0 Å². The number of benzene rings is 1. The smallest absolute Gasteiger partial charge is 0.132 e. The third-order valence-corrected chi connectivity index (χ3v) is 3.09. The molecule has 0 aromatic heterocycles. The molecule has 0 spiro atoms. The lowest BCUT2D eigenvalue weighted by Crippen LogP contribution is -2.34. The average Bonchev–Trinajstić information content (AvgIpc) is 2.18. The first-order valence-electron chi connectivity index (χ1n) is 5.59. The van der Waals surface area contributed by atoms with Crippen LogP contribution in [0.25, 0.3) is 0 Å². The molecular formula is C12H22NOSi+. The van der Waals surface area contributed by atoms with Gasteiger partial charge in [-0.15, -0.1) is 0 Å². The quantitative estimate of drug-likeness (QED) is 0.418. The second-order valence-corrected chi connectivity index (χ2v) is 5.71. The summed E-state index contributed by atoms with van der Waals surface area (Å²) >= 11 is 0. The lowest BCUT2D eigenvalue weighted by Gasteiger charge is -2.23. The fourth-order valence-corrected chi connectivity index (χ4v) is 1.61. The van der Waals surface area contributed by atoms with Crippen LogP contribution in [0.1, 0.15) is 6.42 Å². The van der Waals surface area contributed by atoms with Crippen molar-refractivity contribution in [2.45, 2.75) is 12.5 Å². The van der Waals surface area contributed by atoms with Crippen LogP contribution in [-0.4, -0.2) is 38.0 Å². The van der Waals surface area contributed by atoms with Gasteiger partial charge in [-0.1, -0.05) is 6.04 Å². The van der Waals surface area contributed by atoms with Gasteiger partial charge in [0, 0.05) is 22.4 Å². The van der Waals surface area contributed by atoms with Crippen LogP contribution in [0, 0.1) is 0 Å². The van der Waals surface area contributed by atoms with Gasteiger partial charge >= 0.3 is 0 Å². The van der Waals surface area contributed by atoms with Gasteiger partial charge in [0.2, 0.25) is 0 Å². The highest BCUT2D eigenvalue weighted by molar-refractivity contribution is 6.08. The largest absolute Gasteiger partial charge is 0.494 e. The molecule has 15 heavy (non-hydrogen) atoms. The lowest BCUT2D eigenvalue weighted by molar-refractivity contribution is 0.317. The summed E-state index contributed by atoms with van der Waals surface area (Å²) in [6, 6.07) is 9.71. The van der Waals surface area contributed by atoms with Crippen LogP contribution < -0.4 is 9.22 Å². The summed E-state index contributed by atoms with van der Waals surface area (Å²) in [7, 11) is 7.77. The van der Waals surface area contributed by atoms with Gasteiger partial charge in [-0.2, -0.15) is 0 Å². The number of nitrogens with zero attached hydrogens (tertiary/aromatic N) is 1. The van der Waals surface area contributed by atoms with E-state index in [0.29, 0.717) is 0 Å². The Bertz CT molecular complexity index is 289. The number of quaternary nitrogens is 1. The molecule has 0 bridgehead atoms. The van der Waals surface area contributed by atoms with Crippen molar-refractivity contribution < 1.29 is 4.74 Å². The highest BCUT2D eigenvalue weighted by atomic mass is 28.1. The molecule has 84 valence electrons. The molecule has 1 rings (SSSR count). The van der Waals surface area contributed by atoms with Crippen molar-refractivity contribution in [2.75, 3.05) is 27.7 Å². The molecule has 0 radical (unpaired) electrons. The highest BCUT2D eigenvalue weighted by Gasteiger charge is 2.10. The third kappa shape index (κ3) is 4.06. The van der Waals surface area contributed by atoms with Gasteiger partial charge in [0.05, 0.1) is 27.7 Å². The van der Waals surface area contributed by atoms with E-state index in [1.54, 1.807) is 0 Å². The van der Waals surface area contributed by atoms with E-state index in [2.05, 4.69) is 45.4 Å². The first kappa shape index (κ1) is 12.3. The zero-order valence-electron chi connectivity index (χ0n) is 10.3. The van der Waals surface area contributed by atoms with E-state index < -0.39 is 0 Å². The Morgan fingerprint density at radius 3 is 2.20 bits per heavy atom. The number of hydrogen-bond acceptors (Lipinski definition) is 1. The summed E-state index contributed by atoms with van der Waals surface area (Å²) in [5, 5.41) is 0. The van der Waals surface area contributed by atoms with E-state index in [0.717, 1.165) is 16.8 Å². The summed E-state index contributed by atoms with van der Waals surface area (Å²) in [6.07, 6.45) is 1.18. The SMILES string of the molecule is C[N+](C)(C)c1ccc(OCCC[SiH3])cc1. The van der Waals surface area contributed by atoms with Crippen molar-refractivity contribution in [1.82, 2.24) is 4.48 Å². The van der Waals surface area contributed by atoms with E-state index >= 15 is 0 Å². The maximum absolute atomic E-state index is 5.63. The van der Waals surface area contributed by atoms with E-state index in [1.165, 1.54) is 28.4 Å². The minimum absolute atomic E-state index is 0.848. The fourth-order valence-electron chi connectivity index (χ4n) is 1.32. The second kappa shape index (κ2) is 5.33. The zero-order valence-corrected chi connectivity index (χ0v) is 12.3. The molecule has 0 N–H and O–H groups in total. The lowest BCUT2D eigenvalue weighted by atomic mass is 10.2. The van der Waals surface area contributed by atoms with Gasteiger partial charge < -0.3 is 4.74 Å². The molecule has 0 amide bonds. The Labute approximate surface area is 95.9 Å². The summed E-state index contributed by atoms with van der Waals surface area (Å²) in [4.78, 5) is 0. The van der Waals surface area contributed by atoms with Gasteiger partial charge in [-0.05, 0) is 18.6 Å². The Morgan fingerprint density at radius 1 is 1.13 bits per heavy atom. The van der Waals surface area contributed by atoms with Crippen molar-refractivity contribution in [2.24, 2.45) is 0 Å². The molecule has 1 aromatic rings. The molecule has 0 unspecified atom stereocenters. The Balaban J connectivity index is 2.57. The third-order valence-electron chi connectivity index (χ3n) is 2.38. The van der Waals surface area contributed by atoms with Crippen molar-refractivity contribution in [3.05, 3.63) is 24.3 Å². The van der Waals surface area contributed by atoms with E-state index in [4.69, 9.17) is 4.74 Å². The van der Waals surface area contributed by atoms with Crippen molar-refractivity contribution in [1.29, 1.82) is 0 Å². The molecule has 3 heteroatoms. The normalized spacial score (nSPS) is 11.7. The van der Waals surface area contributed by atoms with Crippen molar-refractivity contribution in [3.63, 3.8) is 0 Å². The van der Waals surface area contributed by atoms with Crippen molar-refractivity contribution in [3.8, 4) is 5.75 Å². The summed E-state index contributed by atoms with van der Waals surface area (Å²) in [5.41, 5.74) is 1.30. The average molecular weight is 224 g/mol. The second-order valence-electron chi connectivity index (χ2n) is 4.71. The number of ether oxygens (including phenoxy) is 1. The van der Waals surface area contributed by atoms with Crippen LogP contribution in [-0.2, 0) is 0 Å². The summed E-state index contributed by atoms with van der Waals surface area (Å²) in [5.74, 6) is 0.988. The monoisotopic (exact) mass is 224 g/mol. The predicted molar refractivity (Wildman–Crippen MR) is 70.9 cm³/mol. The topological polar surface area (TPSA) is 9.23 Å². The standard InChI is InChI=1S/C12H22NOSi/c1-13(2,3)11-5-7-12(8-6-11)14-9-4-10-15/h5-8H,4,9-10H2,1-3,15H3/q+1. The highest BCUT2D eigenvalue weighted by Crippen LogP contribution is 2.20. The Morgan fingerprint density at radius 2 is 1.73 bits per heavy atom. The molecule has 1 aromatic carbocycles. The molecule has 2 nitrogen and oxygen atoms in total. The molecule has 0 aliphatic rings. The van der Waals surface area contributed by atoms with E-state index in [9.17, 15) is 0 Å². The molecule has 0 aliphatic heterocycles. The molecule has 0 aliphatic carbocycles. The van der Waals surface area contributed by atoms with Gasteiger partial charge in [-0.3, -0.25) is 4.48 Å². The summed E-state index contributed by atoms with van der Waals surface area (Å²) in [6.45, 7) is 0.854. The van der Waals surface area contributed by atoms with Gasteiger partial charge in [0.25, 0.3) is 0 Å². The van der Waals surface area contributed by atoms with Crippen LogP contribution in [0.15, 0.2) is 24.3 Å². The molecule has 0 saturated heterocycles. The number of hydrogen-bond donors (Lipinski definition) is 0. The first-order chi connectivity index (χ1) is 7.04. The summed E-state index contributed by atoms with van der Waals surface area (Å²) < 4.78 is 6.48. The Hall–Kier alpha value is -0.803. The molecule has 0 atom stereocenters. The maximum Gasteiger partial charge on any atom is 0.132 e. The van der Waals surface area contributed by atoms with Crippen LogP contribution in [0.3, 0.4) is 0 Å². The van der Waals surface area contributed by atoms with Gasteiger partial charge in [-0.25, -0.2) is 0 Å². The van der Waals surface area contributed by atoms with Gasteiger partial charge in [0.15, 0.2) is 0 Å². The molecule has 0 fully saturated rings. The van der Waals surface area contributed by atoms with Crippen LogP contribution in [0.4, 0.5) is 5.69 Å². The van der Waals surface area contributed by atoms with Crippen LogP contribution in [0.2, 0.25) is 6.04 Å². The molecule has 0 heterocycles. The van der Waals surface area contributed by atoms with Crippen LogP contribution >= 0.6 is 0 Å². The zero-order chi connectivity index (χ0) is 11.3. The first-order valence-corrected chi connectivity index (χ1v) is 7.00. The minimum atomic E-state index is 0.848. The Kier molecular flexibility index (Phi) is 4.36. The minimum Gasteiger partial charge on any atom is -0.494 e. The molecular weight excluding hydrogens is 202 g/mol. The van der Waals surface area contributed by atoms with Gasteiger partial charge in [0.1, 0.15) is 11.4 Å². The van der Waals surface area contributed by atoms with Crippen LogP contribution in [0.5, 0.6) is 5.75 Å². The maximum atomic E-state index is 5.63. The predicted octanol–water partition coefficient (Wildman–Crippen LogP) is 1.44.